The van der Waals surface area contributed by atoms with Gasteiger partial charge in [0.15, 0.2) is 6.39 Å². The van der Waals surface area contributed by atoms with Gasteiger partial charge in [-0.1, -0.05) is 11.6 Å². The van der Waals surface area contributed by atoms with Crippen molar-refractivity contribution in [3.05, 3.63) is 40.9 Å². The van der Waals surface area contributed by atoms with Crippen molar-refractivity contribution >= 4 is 11.6 Å². The van der Waals surface area contributed by atoms with Gasteiger partial charge in [-0.3, -0.25) is 0 Å². The van der Waals surface area contributed by atoms with Gasteiger partial charge in [-0.05, 0) is 37.1 Å². The Morgan fingerprint density at radius 3 is 2.64 bits per heavy atom. The van der Waals surface area contributed by atoms with Crippen molar-refractivity contribution in [1.29, 1.82) is 0 Å². The smallest absolute Gasteiger partial charge is 0.181 e. The molecule has 72 valence electrons. The van der Waals surface area contributed by atoms with Crippen LogP contribution >= 0.6 is 11.6 Å². The first-order valence-corrected chi connectivity index (χ1v) is 4.71. The van der Waals surface area contributed by atoms with Crippen molar-refractivity contribution in [2.75, 3.05) is 0 Å². The first-order valence-electron chi connectivity index (χ1n) is 4.34. The predicted octanol–water partition coefficient (Wildman–Crippen LogP) is 3.61. The highest BCUT2D eigenvalue weighted by Crippen LogP contribution is 2.26. The summed E-state index contributed by atoms with van der Waals surface area (Å²) in [4.78, 5) is 4.07. The SMILES string of the molecule is Cc1cc(-c2cocn2)cc(Cl)c1C. The van der Waals surface area contributed by atoms with E-state index in [-0.39, 0.29) is 0 Å². The summed E-state index contributed by atoms with van der Waals surface area (Å²) in [5.41, 5.74) is 4.08. The molecule has 0 saturated heterocycles. The van der Waals surface area contributed by atoms with Crippen molar-refractivity contribution in [2.45, 2.75) is 13.8 Å². The molecule has 0 aliphatic carbocycles. The largest absolute Gasteiger partial charge is 0.451 e. The predicted molar refractivity (Wildman–Crippen MR) is 56.4 cm³/mol. The average Bonchev–Trinajstić information content (AvgIpc) is 2.66. The minimum atomic E-state index is 0.767. The molecule has 14 heavy (non-hydrogen) atoms. The van der Waals surface area contributed by atoms with Crippen molar-refractivity contribution in [1.82, 2.24) is 4.98 Å². The zero-order valence-electron chi connectivity index (χ0n) is 8.04. The van der Waals surface area contributed by atoms with Crippen LogP contribution in [0.3, 0.4) is 0 Å². The van der Waals surface area contributed by atoms with Crippen molar-refractivity contribution in [3.63, 3.8) is 0 Å². The van der Waals surface area contributed by atoms with Gasteiger partial charge in [0, 0.05) is 10.6 Å². The summed E-state index contributed by atoms with van der Waals surface area (Å²) >= 11 is 6.08. The van der Waals surface area contributed by atoms with Crippen LogP contribution in [0.4, 0.5) is 0 Å². The van der Waals surface area contributed by atoms with E-state index in [4.69, 9.17) is 16.0 Å². The van der Waals surface area contributed by atoms with Gasteiger partial charge in [0.25, 0.3) is 0 Å². The first kappa shape index (κ1) is 9.28. The van der Waals surface area contributed by atoms with Crippen molar-refractivity contribution in [3.8, 4) is 11.3 Å². The Bertz CT molecular complexity index is 425. The lowest BCUT2D eigenvalue weighted by atomic mass is 10.0. The van der Waals surface area contributed by atoms with E-state index >= 15 is 0 Å². The van der Waals surface area contributed by atoms with Gasteiger partial charge in [0.05, 0.1) is 0 Å². The van der Waals surface area contributed by atoms with Crippen LogP contribution in [0.5, 0.6) is 0 Å². The lowest BCUT2D eigenvalue weighted by molar-refractivity contribution is 0.558. The average molecular weight is 208 g/mol. The number of nitrogens with zero attached hydrogens (tertiary/aromatic N) is 1. The van der Waals surface area contributed by atoms with Crippen LogP contribution in [0, 0.1) is 13.8 Å². The molecule has 0 fully saturated rings. The molecule has 0 N–H and O–H groups in total. The summed E-state index contributed by atoms with van der Waals surface area (Å²) in [5, 5.41) is 0.767. The van der Waals surface area contributed by atoms with Gasteiger partial charge in [-0.25, -0.2) is 4.98 Å². The van der Waals surface area contributed by atoms with Gasteiger partial charge in [0.1, 0.15) is 12.0 Å². The van der Waals surface area contributed by atoms with Crippen molar-refractivity contribution in [2.24, 2.45) is 0 Å². The minimum Gasteiger partial charge on any atom is -0.451 e. The molecule has 0 spiro atoms. The number of benzene rings is 1. The minimum absolute atomic E-state index is 0.767. The summed E-state index contributed by atoms with van der Waals surface area (Å²) in [6.07, 6.45) is 3.03. The molecule has 1 aromatic carbocycles. The molecule has 2 nitrogen and oxygen atoms in total. The lowest BCUT2D eigenvalue weighted by Crippen LogP contribution is -1.85. The van der Waals surface area contributed by atoms with E-state index in [9.17, 15) is 0 Å². The quantitative estimate of drug-likeness (QED) is 0.714. The van der Waals surface area contributed by atoms with Gasteiger partial charge in [0.2, 0.25) is 0 Å². The number of rotatable bonds is 1. The molecule has 0 radical (unpaired) electrons. The molecular weight excluding hydrogens is 198 g/mol. The van der Waals surface area contributed by atoms with Crippen LogP contribution in [0.25, 0.3) is 11.3 Å². The number of aromatic nitrogens is 1. The maximum Gasteiger partial charge on any atom is 0.181 e. The highest BCUT2D eigenvalue weighted by atomic mass is 35.5. The zero-order valence-corrected chi connectivity index (χ0v) is 8.80. The summed E-state index contributed by atoms with van der Waals surface area (Å²) in [5.74, 6) is 0. The van der Waals surface area contributed by atoms with Crippen LogP contribution in [-0.2, 0) is 0 Å². The van der Waals surface area contributed by atoms with E-state index in [0.717, 1.165) is 27.4 Å². The molecule has 0 amide bonds. The first-order chi connectivity index (χ1) is 6.68. The molecule has 0 saturated carbocycles. The van der Waals surface area contributed by atoms with Gasteiger partial charge in [-0.2, -0.15) is 0 Å². The van der Waals surface area contributed by atoms with Crippen molar-refractivity contribution < 1.29 is 4.42 Å². The highest BCUT2D eigenvalue weighted by Gasteiger charge is 2.05. The number of halogens is 1. The van der Waals surface area contributed by atoms with Crippen LogP contribution in [0.15, 0.2) is 29.2 Å². The second-order valence-electron chi connectivity index (χ2n) is 3.27. The Morgan fingerprint density at radius 1 is 1.29 bits per heavy atom. The fourth-order valence-corrected chi connectivity index (χ4v) is 1.59. The van der Waals surface area contributed by atoms with Gasteiger partial charge in [-0.15, -0.1) is 0 Å². The molecule has 0 atom stereocenters. The molecule has 0 bridgehead atoms. The van der Waals surface area contributed by atoms with Gasteiger partial charge >= 0.3 is 0 Å². The molecule has 2 rings (SSSR count). The van der Waals surface area contributed by atoms with E-state index in [1.165, 1.54) is 6.39 Å². The standard InChI is InChI=1S/C11H10ClNO/c1-7-3-9(4-10(12)8(7)2)11-5-14-6-13-11/h3-6H,1-2H3. The monoisotopic (exact) mass is 207 g/mol. The summed E-state index contributed by atoms with van der Waals surface area (Å²) < 4.78 is 4.92. The Hall–Kier alpha value is -1.28. The van der Waals surface area contributed by atoms with E-state index in [1.807, 2.05) is 19.9 Å². The number of oxazole rings is 1. The summed E-state index contributed by atoms with van der Waals surface area (Å²) in [7, 11) is 0. The molecule has 1 heterocycles. The number of hydrogen-bond acceptors (Lipinski definition) is 2. The Kier molecular flexibility index (Phi) is 2.30. The fourth-order valence-electron chi connectivity index (χ4n) is 1.32. The molecule has 0 aliphatic rings. The second kappa shape index (κ2) is 3.46. The Labute approximate surface area is 87.5 Å². The lowest BCUT2D eigenvalue weighted by Gasteiger charge is -2.05. The molecule has 0 aliphatic heterocycles. The second-order valence-corrected chi connectivity index (χ2v) is 3.68. The summed E-state index contributed by atoms with van der Waals surface area (Å²) in [6, 6.07) is 3.96. The summed E-state index contributed by atoms with van der Waals surface area (Å²) in [6.45, 7) is 4.04. The Balaban J connectivity index is 2.57. The third-order valence-corrected chi connectivity index (χ3v) is 2.72. The van der Waals surface area contributed by atoms with E-state index < -0.39 is 0 Å². The zero-order chi connectivity index (χ0) is 10.1. The Morgan fingerprint density at radius 2 is 2.07 bits per heavy atom. The topological polar surface area (TPSA) is 26.0 Å². The van der Waals surface area contributed by atoms with Crippen LogP contribution in [0.1, 0.15) is 11.1 Å². The molecule has 3 heteroatoms. The third kappa shape index (κ3) is 1.53. The normalized spacial score (nSPS) is 10.5. The van der Waals surface area contributed by atoms with E-state index in [1.54, 1.807) is 6.26 Å². The van der Waals surface area contributed by atoms with Crippen LogP contribution < -0.4 is 0 Å². The van der Waals surface area contributed by atoms with E-state index in [0.29, 0.717) is 0 Å². The maximum absolute atomic E-state index is 6.08. The van der Waals surface area contributed by atoms with Gasteiger partial charge < -0.3 is 4.42 Å². The number of hydrogen-bond donors (Lipinski definition) is 0. The molecular formula is C11H10ClNO. The van der Waals surface area contributed by atoms with Crippen LogP contribution in [-0.4, -0.2) is 4.98 Å². The molecule has 1 aromatic heterocycles. The number of aryl methyl sites for hydroxylation is 1. The van der Waals surface area contributed by atoms with E-state index in [2.05, 4.69) is 11.1 Å². The molecule has 2 aromatic rings. The maximum atomic E-state index is 6.08. The fraction of sp³-hybridized carbons (Fsp3) is 0.182. The molecule has 0 unspecified atom stereocenters. The third-order valence-electron chi connectivity index (χ3n) is 2.33. The van der Waals surface area contributed by atoms with Crippen LogP contribution in [0.2, 0.25) is 5.02 Å². The highest BCUT2D eigenvalue weighted by molar-refractivity contribution is 6.31.